The molecule has 0 aliphatic carbocycles. The lowest BCUT2D eigenvalue weighted by Crippen LogP contribution is -2.42. The van der Waals surface area contributed by atoms with E-state index in [1.807, 2.05) is 42.5 Å². The maximum Gasteiger partial charge on any atom is 0.269 e. The van der Waals surface area contributed by atoms with E-state index in [0.29, 0.717) is 13.1 Å². The van der Waals surface area contributed by atoms with Crippen molar-refractivity contribution in [2.75, 3.05) is 13.1 Å². The molecule has 2 N–H and O–H groups in total. The van der Waals surface area contributed by atoms with Crippen LogP contribution in [0.15, 0.2) is 71.6 Å². The largest absolute Gasteiger partial charge is 0.273 e. The maximum atomic E-state index is 12.7. The summed E-state index contributed by atoms with van der Waals surface area (Å²) in [5.74, 6) is -0.973. The number of sulfonamides is 1. The number of carbonyl (C=O) groups excluding carboxylic acids is 2. The van der Waals surface area contributed by atoms with Gasteiger partial charge >= 0.3 is 0 Å². The van der Waals surface area contributed by atoms with E-state index in [1.54, 1.807) is 13.8 Å². The Morgan fingerprint density at radius 3 is 2.26 bits per heavy atom. The highest BCUT2D eigenvalue weighted by atomic mass is 32.2. The lowest BCUT2D eigenvalue weighted by atomic mass is 10.1. The molecule has 3 aromatic carbocycles. The standard InChI is InChI=1S/C23H25N3O4S/c1-3-26(4-2)31(29,30)21-11-7-10-20(16-21)23(28)25-24-22(27)15-17-12-13-18-8-5-6-9-19(18)14-17/h5-14,16H,3-4,15H2,1-2H3,(H,24,27)(H,25,28). The van der Waals surface area contributed by atoms with Crippen molar-refractivity contribution in [2.45, 2.75) is 25.2 Å². The predicted molar refractivity (Wildman–Crippen MR) is 120 cm³/mol. The number of amides is 2. The minimum absolute atomic E-state index is 0.0336. The first-order valence-electron chi connectivity index (χ1n) is 10.0. The number of fused-ring (bicyclic) bond motifs is 1. The van der Waals surface area contributed by atoms with Gasteiger partial charge in [-0.1, -0.05) is 62.4 Å². The fraction of sp³-hybridized carbons (Fsp3) is 0.217. The Morgan fingerprint density at radius 1 is 0.839 bits per heavy atom. The number of nitrogens with one attached hydrogen (secondary N) is 2. The summed E-state index contributed by atoms with van der Waals surface area (Å²) in [6.45, 7) is 4.17. The fourth-order valence-corrected chi connectivity index (χ4v) is 4.79. The number of carbonyl (C=O) groups is 2. The van der Waals surface area contributed by atoms with E-state index >= 15 is 0 Å². The van der Waals surface area contributed by atoms with Gasteiger partial charge in [-0.05, 0) is 34.5 Å². The lowest BCUT2D eigenvalue weighted by Gasteiger charge is -2.18. The third kappa shape index (κ3) is 5.28. The van der Waals surface area contributed by atoms with Crippen LogP contribution in [0.5, 0.6) is 0 Å². The van der Waals surface area contributed by atoms with Crippen LogP contribution in [0.3, 0.4) is 0 Å². The summed E-state index contributed by atoms with van der Waals surface area (Å²) in [4.78, 5) is 24.7. The van der Waals surface area contributed by atoms with Crippen molar-refractivity contribution in [3.63, 3.8) is 0 Å². The summed E-state index contributed by atoms with van der Waals surface area (Å²) in [5.41, 5.74) is 5.68. The van der Waals surface area contributed by atoms with Gasteiger partial charge in [0.05, 0.1) is 11.3 Å². The second-order valence-corrected chi connectivity index (χ2v) is 8.92. The number of benzene rings is 3. The van der Waals surface area contributed by atoms with E-state index < -0.39 is 15.9 Å². The Hall–Kier alpha value is -3.23. The molecule has 3 rings (SSSR count). The first-order valence-corrected chi connectivity index (χ1v) is 11.5. The third-order valence-electron chi connectivity index (χ3n) is 4.93. The van der Waals surface area contributed by atoms with Crippen molar-refractivity contribution >= 4 is 32.6 Å². The minimum atomic E-state index is -3.68. The van der Waals surface area contributed by atoms with Crippen molar-refractivity contribution in [2.24, 2.45) is 0 Å². The Labute approximate surface area is 182 Å². The summed E-state index contributed by atoms with van der Waals surface area (Å²) >= 11 is 0. The average Bonchev–Trinajstić information content (AvgIpc) is 2.78. The van der Waals surface area contributed by atoms with E-state index in [4.69, 9.17) is 0 Å². The van der Waals surface area contributed by atoms with Crippen molar-refractivity contribution in [1.29, 1.82) is 0 Å². The third-order valence-corrected chi connectivity index (χ3v) is 6.98. The van der Waals surface area contributed by atoms with Crippen LogP contribution in [0.1, 0.15) is 29.8 Å². The predicted octanol–water partition coefficient (Wildman–Crippen LogP) is 2.87. The van der Waals surface area contributed by atoms with Crippen LogP contribution in [0.25, 0.3) is 10.8 Å². The molecule has 3 aromatic rings. The molecule has 8 heteroatoms. The SMILES string of the molecule is CCN(CC)S(=O)(=O)c1cccc(C(=O)NNC(=O)Cc2ccc3ccccc3c2)c1. The van der Waals surface area contributed by atoms with Crippen LogP contribution in [0, 0.1) is 0 Å². The molecule has 0 atom stereocenters. The molecule has 2 amide bonds. The van der Waals surface area contributed by atoms with Gasteiger partial charge in [-0.15, -0.1) is 0 Å². The molecule has 0 unspecified atom stereocenters. The Balaban J connectivity index is 1.64. The van der Waals surface area contributed by atoms with Crippen LogP contribution < -0.4 is 10.9 Å². The molecule has 0 radical (unpaired) electrons. The van der Waals surface area contributed by atoms with Crippen LogP contribution in [-0.4, -0.2) is 37.6 Å². The van der Waals surface area contributed by atoms with E-state index in [9.17, 15) is 18.0 Å². The molecular weight excluding hydrogens is 414 g/mol. The molecule has 162 valence electrons. The van der Waals surface area contributed by atoms with E-state index in [2.05, 4.69) is 10.9 Å². The first kappa shape index (κ1) is 22.5. The number of hydrazine groups is 1. The van der Waals surface area contributed by atoms with Gasteiger partial charge in [0.2, 0.25) is 15.9 Å². The first-order chi connectivity index (χ1) is 14.8. The van der Waals surface area contributed by atoms with Crippen LogP contribution in [0.2, 0.25) is 0 Å². The van der Waals surface area contributed by atoms with Gasteiger partial charge in [0.15, 0.2) is 0 Å². The zero-order valence-corrected chi connectivity index (χ0v) is 18.3. The highest BCUT2D eigenvalue weighted by molar-refractivity contribution is 7.89. The van der Waals surface area contributed by atoms with E-state index in [-0.39, 0.29) is 22.8 Å². The number of hydrogen-bond acceptors (Lipinski definition) is 4. The van der Waals surface area contributed by atoms with Gasteiger partial charge < -0.3 is 0 Å². The maximum absolute atomic E-state index is 12.7. The van der Waals surface area contributed by atoms with Crippen molar-refractivity contribution in [3.05, 3.63) is 77.9 Å². The smallest absolute Gasteiger partial charge is 0.269 e. The van der Waals surface area contributed by atoms with Crippen molar-refractivity contribution in [3.8, 4) is 0 Å². The van der Waals surface area contributed by atoms with Gasteiger partial charge in [0.25, 0.3) is 5.91 Å². The normalized spacial score (nSPS) is 11.5. The average molecular weight is 440 g/mol. The minimum Gasteiger partial charge on any atom is -0.273 e. The van der Waals surface area contributed by atoms with E-state index in [0.717, 1.165) is 16.3 Å². The summed E-state index contributed by atoms with van der Waals surface area (Å²) in [6.07, 6.45) is 0.0987. The summed E-state index contributed by atoms with van der Waals surface area (Å²) in [6, 6.07) is 19.3. The molecule has 0 aromatic heterocycles. The molecule has 31 heavy (non-hydrogen) atoms. The number of hydrogen-bond donors (Lipinski definition) is 2. The second-order valence-electron chi connectivity index (χ2n) is 6.98. The molecule has 0 spiro atoms. The quantitative estimate of drug-likeness (QED) is 0.554. The summed E-state index contributed by atoms with van der Waals surface area (Å²) < 4.78 is 26.6. The Bertz CT molecular complexity index is 1200. The molecule has 0 bridgehead atoms. The van der Waals surface area contributed by atoms with Gasteiger partial charge in [-0.25, -0.2) is 8.42 Å². The molecule has 0 heterocycles. The van der Waals surface area contributed by atoms with Crippen LogP contribution in [0.4, 0.5) is 0 Å². The topological polar surface area (TPSA) is 95.6 Å². The monoisotopic (exact) mass is 439 g/mol. The lowest BCUT2D eigenvalue weighted by molar-refractivity contribution is -0.121. The zero-order chi connectivity index (χ0) is 22.4. The second kappa shape index (κ2) is 9.72. The van der Waals surface area contributed by atoms with Crippen molar-refractivity contribution < 1.29 is 18.0 Å². The van der Waals surface area contributed by atoms with Crippen LogP contribution in [-0.2, 0) is 21.2 Å². The molecule has 0 saturated carbocycles. The summed E-state index contributed by atoms with van der Waals surface area (Å²) in [5, 5.41) is 2.11. The number of nitrogens with zero attached hydrogens (tertiary/aromatic N) is 1. The highest BCUT2D eigenvalue weighted by Gasteiger charge is 2.22. The van der Waals surface area contributed by atoms with Crippen molar-refractivity contribution in [1.82, 2.24) is 15.2 Å². The highest BCUT2D eigenvalue weighted by Crippen LogP contribution is 2.17. The van der Waals surface area contributed by atoms with Gasteiger partial charge in [-0.3, -0.25) is 20.4 Å². The molecule has 7 nitrogen and oxygen atoms in total. The molecule has 0 saturated heterocycles. The van der Waals surface area contributed by atoms with Crippen LogP contribution >= 0.6 is 0 Å². The molecule has 0 aliphatic heterocycles. The molecule has 0 fully saturated rings. The summed E-state index contributed by atoms with van der Waals surface area (Å²) in [7, 11) is -3.68. The molecule has 0 aliphatic rings. The van der Waals surface area contributed by atoms with Gasteiger partial charge in [0, 0.05) is 18.7 Å². The zero-order valence-electron chi connectivity index (χ0n) is 17.5. The Morgan fingerprint density at radius 2 is 1.55 bits per heavy atom. The van der Waals surface area contributed by atoms with Gasteiger partial charge in [-0.2, -0.15) is 4.31 Å². The Kier molecular flexibility index (Phi) is 7.04. The van der Waals surface area contributed by atoms with E-state index in [1.165, 1.54) is 28.6 Å². The number of rotatable bonds is 7. The fourth-order valence-electron chi connectivity index (χ4n) is 3.29. The van der Waals surface area contributed by atoms with Gasteiger partial charge in [0.1, 0.15) is 0 Å². The molecular formula is C23H25N3O4S.